The highest BCUT2D eigenvalue weighted by Gasteiger charge is 2.39. The fraction of sp³-hybridized carbons (Fsp3) is 0.100. The number of aromatic nitrogens is 1. The molecule has 0 saturated carbocycles. The summed E-state index contributed by atoms with van der Waals surface area (Å²) in [6, 6.07) is 14.9. The van der Waals surface area contributed by atoms with E-state index in [2.05, 4.69) is 4.98 Å². The van der Waals surface area contributed by atoms with Crippen molar-refractivity contribution in [2.75, 3.05) is 4.90 Å². The van der Waals surface area contributed by atoms with Gasteiger partial charge in [0.05, 0.1) is 17.3 Å². The smallest absolute Gasteiger partial charge is 0.415 e. The molecule has 128 valence electrons. The standard InChI is InChI=1S/C20H13ClN2O3/c21-14-7-8-16-18-17(14)19(12-5-3-9-22-10-12)26-20(24)23(18)11-13-4-1-2-6-15(13)25-16/h1-10,19H,11H2. The van der Waals surface area contributed by atoms with E-state index < -0.39 is 12.2 Å². The van der Waals surface area contributed by atoms with E-state index in [0.29, 0.717) is 28.6 Å². The highest BCUT2D eigenvalue weighted by atomic mass is 35.5. The summed E-state index contributed by atoms with van der Waals surface area (Å²) >= 11 is 6.52. The zero-order chi connectivity index (χ0) is 17.7. The summed E-state index contributed by atoms with van der Waals surface area (Å²) in [4.78, 5) is 18.5. The third-order valence-corrected chi connectivity index (χ3v) is 4.94. The molecule has 0 saturated heterocycles. The number of nitrogens with zero attached hydrogens (tertiary/aromatic N) is 2. The van der Waals surface area contributed by atoms with E-state index in [1.807, 2.05) is 30.3 Å². The monoisotopic (exact) mass is 364 g/mol. The lowest BCUT2D eigenvalue weighted by Gasteiger charge is -2.34. The lowest BCUT2D eigenvalue weighted by molar-refractivity contribution is 0.117. The first kappa shape index (κ1) is 15.2. The number of para-hydroxylation sites is 1. The van der Waals surface area contributed by atoms with E-state index in [0.717, 1.165) is 16.9 Å². The molecule has 2 aliphatic rings. The van der Waals surface area contributed by atoms with Gasteiger partial charge in [-0.15, -0.1) is 0 Å². The van der Waals surface area contributed by atoms with Crippen LogP contribution < -0.4 is 9.64 Å². The highest BCUT2D eigenvalue weighted by Crippen LogP contribution is 2.50. The molecule has 0 bridgehead atoms. The van der Waals surface area contributed by atoms with Gasteiger partial charge in [0.15, 0.2) is 11.9 Å². The average Bonchev–Trinajstić information content (AvgIpc) is 2.84. The number of rotatable bonds is 1. The van der Waals surface area contributed by atoms with E-state index in [1.165, 1.54) is 0 Å². The Morgan fingerprint density at radius 1 is 1.08 bits per heavy atom. The Kier molecular flexibility index (Phi) is 3.36. The third kappa shape index (κ3) is 2.24. The summed E-state index contributed by atoms with van der Waals surface area (Å²) in [6.07, 6.45) is 2.29. The second-order valence-electron chi connectivity index (χ2n) is 6.15. The summed E-state index contributed by atoms with van der Waals surface area (Å²) < 4.78 is 11.9. The Balaban J connectivity index is 1.75. The molecule has 2 aliphatic heterocycles. The first-order chi connectivity index (χ1) is 12.7. The van der Waals surface area contributed by atoms with Crippen LogP contribution in [0, 0.1) is 0 Å². The van der Waals surface area contributed by atoms with Crippen LogP contribution in [0.5, 0.6) is 11.5 Å². The van der Waals surface area contributed by atoms with Crippen molar-refractivity contribution >= 4 is 23.4 Å². The van der Waals surface area contributed by atoms with Crippen LogP contribution in [-0.4, -0.2) is 11.1 Å². The minimum atomic E-state index is -0.625. The molecule has 0 radical (unpaired) electrons. The molecule has 3 aromatic rings. The highest BCUT2D eigenvalue weighted by molar-refractivity contribution is 6.32. The number of hydrogen-bond acceptors (Lipinski definition) is 4. The quantitative estimate of drug-likeness (QED) is 0.603. The number of ether oxygens (including phenoxy) is 2. The van der Waals surface area contributed by atoms with Gasteiger partial charge in [-0.25, -0.2) is 4.79 Å². The Morgan fingerprint density at radius 2 is 1.96 bits per heavy atom. The normalized spacial score (nSPS) is 17.5. The van der Waals surface area contributed by atoms with Crippen LogP contribution in [0.2, 0.25) is 5.02 Å². The third-order valence-electron chi connectivity index (χ3n) is 4.61. The maximum atomic E-state index is 12.8. The van der Waals surface area contributed by atoms with Crippen LogP contribution >= 0.6 is 11.6 Å². The minimum absolute atomic E-state index is 0.356. The van der Waals surface area contributed by atoms with Crippen molar-refractivity contribution < 1.29 is 14.3 Å². The fourth-order valence-corrected chi connectivity index (χ4v) is 3.67. The molecule has 5 rings (SSSR count). The van der Waals surface area contributed by atoms with Crippen molar-refractivity contribution in [2.45, 2.75) is 12.6 Å². The maximum absolute atomic E-state index is 12.8. The molecular formula is C20H13ClN2O3. The van der Waals surface area contributed by atoms with Crippen LogP contribution in [-0.2, 0) is 11.3 Å². The van der Waals surface area contributed by atoms with Crippen LogP contribution in [0.1, 0.15) is 22.8 Å². The zero-order valence-corrected chi connectivity index (χ0v) is 14.3. The van der Waals surface area contributed by atoms with E-state index in [1.54, 1.807) is 35.5 Å². The van der Waals surface area contributed by atoms with E-state index in [-0.39, 0.29) is 0 Å². The van der Waals surface area contributed by atoms with E-state index in [9.17, 15) is 4.79 Å². The minimum Gasteiger partial charge on any atom is -0.455 e. The van der Waals surface area contributed by atoms with Crippen molar-refractivity contribution in [3.8, 4) is 11.5 Å². The number of hydrogen-bond donors (Lipinski definition) is 0. The molecule has 5 nitrogen and oxygen atoms in total. The van der Waals surface area contributed by atoms with Gasteiger partial charge >= 0.3 is 6.09 Å². The summed E-state index contributed by atoms with van der Waals surface area (Å²) in [5, 5.41) is 0.518. The second kappa shape index (κ2) is 5.75. The number of halogens is 1. The van der Waals surface area contributed by atoms with Gasteiger partial charge in [0.25, 0.3) is 0 Å². The van der Waals surface area contributed by atoms with Crippen LogP contribution in [0.4, 0.5) is 10.5 Å². The van der Waals surface area contributed by atoms with Gasteiger partial charge in [-0.1, -0.05) is 35.9 Å². The number of amides is 1. The van der Waals surface area contributed by atoms with Gasteiger partial charge in [-0.3, -0.25) is 9.88 Å². The summed E-state index contributed by atoms with van der Waals surface area (Å²) in [6.45, 7) is 0.356. The molecule has 0 N–H and O–H groups in total. The summed E-state index contributed by atoms with van der Waals surface area (Å²) in [5.41, 5.74) is 3.03. The summed E-state index contributed by atoms with van der Waals surface area (Å²) in [5.74, 6) is 1.30. The predicted molar refractivity (Wildman–Crippen MR) is 96.7 cm³/mol. The predicted octanol–water partition coefficient (Wildman–Crippen LogP) is 5.09. The van der Waals surface area contributed by atoms with Gasteiger partial charge in [-0.2, -0.15) is 0 Å². The SMILES string of the molecule is O=C1OC(c2cccnc2)c2c(Cl)ccc3c2N1Cc1ccccc1O3. The second-order valence-corrected chi connectivity index (χ2v) is 6.56. The van der Waals surface area contributed by atoms with Gasteiger partial charge < -0.3 is 9.47 Å². The molecule has 2 aromatic carbocycles. The number of benzene rings is 2. The molecule has 0 aliphatic carbocycles. The number of anilines is 1. The molecule has 0 spiro atoms. The molecule has 26 heavy (non-hydrogen) atoms. The largest absolute Gasteiger partial charge is 0.455 e. The average molecular weight is 365 g/mol. The molecule has 1 unspecified atom stereocenters. The molecule has 1 amide bonds. The number of cyclic esters (lactones) is 1. The van der Waals surface area contributed by atoms with E-state index >= 15 is 0 Å². The van der Waals surface area contributed by atoms with Crippen molar-refractivity contribution in [3.05, 3.63) is 82.6 Å². The Morgan fingerprint density at radius 3 is 2.81 bits per heavy atom. The van der Waals surface area contributed by atoms with Gasteiger partial charge in [0, 0.05) is 29.1 Å². The van der Waals surface area contributed by atoms with Crippen molar-refractivity contribution in [2.24, 2.45) is 0 Å². The molecule has 1 atom stereocenters. The Labute approximate surface area is 154 Å². The lowest BCUT2D eigenvalue weighted by Crippen LogP contribution is -2.37. The van der Waals surface area contributed by atoms with Gasteiger partial charge in [-0.05, 0) is 24.3 Å². The topological polar surface area (TPSA) is 51.7 Å². The van der Waals surface area contributed by atoms with Crippen molar-refractivity contribution in [1.82, 2.24) is 4.98 Å². The Bertz CT molecular complexity index is 1020. The van der Waals surface area contributed by atoms with E-state index in [4.69, 9.17) is 21.1 Å². The van der Waals surface area contributed by atoms with Gasteiger partial charge in [0.1, 0.15) is 5.75 Å². The lowest BCUT2D eigenvalue weighted by atomic mass is 9.98. The molecular weight excluding hydrogens is 352 g/mol. The van der Waals surface area contributed by atoms with Crippen LogP contribution in [0.25, 0.3) is 0 Å². The molecule has 0 fully saturated rings. The molecule has 6 heteroatoms. The fourth-order valence-electron chi connectivity index (χ4n) is 3.42. The maximum Gasteiger partial charge on any atom is 0.415 e. The van der Waals surface area contributed by atoms with Crippen molar-refractivity contribution in [3.63, 3.8) is 0 Å². The van der Waals surface area contributed by atoms with Gasteiger partial charge in [0.2, 0.25) is 0 Å². The van der Waals surface area contributed by atoms with Crippen molar-refractivity contribution in [1.29, 1.82) is 0 Å². The number of pyridine rings is 1. The Hall–Kier alpha value is -3.05. The molecule has 3 heterocycles. The number of carbonyl (C=O) groups excluding carboxylic acids is 1. The zero-order valence-electron chi connectivity index (χ0n) is 13.6. The first-order valence-corrected chi connectivity index (χ1v) is 8.56. The summed E-state index contributed by atoms with van der Waals surface area (Å²) in [7, 11) is 0. The van der Waals surface area contributed by atoms with Crippen LogP contribution in [0.3, 0.4) is 0 Å². The number of carbonyl (C=O) groups is 1. The van der Waals surface area contributed by atoms with Crippen LogP contribution in [0.15, 0.2) is 60.9 Å². The number of fused-ring (bicyclic) bond motifs is 1. The molecule has 1 aromatic heterocycles. The first-order valence-electron chi connectivity index (χ1n) is 8.18.